The second-order valence-corrected chi connectivity index (χ2v) is 6.84. The molecule has 0 unspecified atom stereocenters. The fourth-order valence-electron chi connectivity index (χ4n) is 2.97. The number of amides is 1. The summed E-state index contributed by atoms with van der Waals surface area (Å²) in [6.45, 7) is 4.09. The van der Waals surface area contributed by atoms with Gasteiger partial charge < -0.3 is 10.6 Å². The zero-order chi connectivity index (χ0) is 19.5. The van der Waals surface area contributed by atoms with Crippen molar-refractivity contribution in [1.29, 1.82) is 0 Å². The molecule has 28 heavy (non-hydrogen) atoms. The van der Waals surface area contributed by atoms with E-state index in [-0.39, 0.29) is 11.9 Å². The first-order valence-electron chi connectivity index (χ1n) is 9.17. The lowest BCUT2D eigenvalue weighted by molar-refractivity contribution is 0.102. The molecular weight excluding hydrogens is 350 g/mol. The highest BCUT2D eigenvalue weighted by molar-refractivity contribution is 6.05. The number of anilines is 3. The molecule has 6 nitrogen and oxygen atoms in total. The SMILES string of the molecule is CC(C)n1ncc2cc(C(=O)Nc3ccc(Nc4ccccc4)cc3)cnc21. The smallest absolute Gasteiger partial charge is 0.257 e. The van der Waals surface area contributed by atoms with Gasteiger partial charge in [-0.1, -0.05) is 18.2 Å². The van der Waals surface area contributed by atoms with Gasteiger partial charge in [-0.15, -0.1) is 0 Å². The molecule has 0 aliphatic carbocycles. The molecule has 4 rings (SSSR count). The van der Waals surface area contributed by atoms with Crippen LogP contribution in [0.5, 0.6) is 0 Å². The molecule has 0 bridgehead atoms. The highest BCUT2D eigenvalue weighted by atomic mass is 16.1. The minimum atomic E-state index is -0.199. The highest BCUT2D eigenvalue weighted by Gasteiger charge is 2.12. The zero-order valence-corrected chi connectivity index (χ0v) is 15.8. The molecular formula is C22H21N5O. The largest absolute Gasteiger partial charge is 0.356 e. The first kappa shape index (κ1) is 17.7. The van der Waals surface area contributed by atoms with Crippen LogP contribution >= 0.6 is 0 Å². The summed E-state index contributed by atoms with van der Waals surface area (Å²) in [6, 6.07) is 19.6. The van der Waals surface area contributed by atoms with Crippen molar-refractivity contribution in [2.24, 2.45) is 0 Å². The van der Waals surface area contributed by atoms with Crippen LogP contribution in [-0.2, 0) is 0 Å². The van der Waals surface area contributed by atoms with E-state index in [1.54, 1.807) is 12.4 Å². The van der Waals surface area contributed by atoms with E-state index < -0.39 is 0 Å². The topological polar surface area (TPSA) is 71.8 Å². The molecule has 140 valence electrons. The maximum atomic E-state index is 12.6. The summed E-state index contributed by atoms with van der Waals surface area (Å²) < 4.78 is 1.84. The van der Waals surface area contributed by atoms with Crippen molar-refractivity contribution in [2.75, 3.05) is 10.6 Å². The van der Waals surface area contributed by atoms with E-state index in [2.05, 4.69) is 20.7 Å². The molecule has 0 spiro atoms. The van der Waals surface area contributed by atoms with Gasteiger partial charge in [-0.05, 0) is 56.3 Å². The molecule has 6 heteroatoms. The van der Waals surface area contributed by atoms with Crippen molar-refractivity contribution >= 4 is 34.0 Å². The number of fused-ring (bicyclic) bond motifs is 1. The van der Waals surface area contributed by atoms with Crippen molar-refractivity contribution < 1.29 is 4.79 Å². The Hall–Kier alpha value is -3.67. The van der Waals surface area contributed by atoms with Crippen LogP contribution in [0.25, 0.3) is 11.0 Å². The van der Waals surface area contributed by atoms with Crippen LogP contribution in [0.1, 0.15) is 30.2 Å². The average molecular weight is 371 g/mol. The van der Waals surface area contributed by atoms with Crippen LogP contribution in [0.2, 0.25) is 0 Å². The van der Waals surface area contributed by atoms with Crippen molar-refractivity contribution in [1.82, 2.24) is 14.8 Å². The highest BCUT2D eigenvalue weighted by Crippen LogP contribution is 2.20. The third-order valence-corrected chi connectivity index (χ3v) is 4.39. The number of hydrogen-bond donors (Lipinski definition) is 2. The number of pyridine rings is 1. The van der Waals surface area contributed by atoms with Crippen LogP contribution in [0.3, 0.4) is 0 Å². The number of rotatable bonds is 5. The minimum absolute atomic E-state index is 0.199. The third kappa shape index (κ3) is 3.71. The number of aromatic nitrogens is 3. The lowest BCUT2D eigenvalue weighted by Crippen LogP contribution is -2.12. The van der Waals surface area contributed by atoms with E-state index in [0.717, 1.165) is 28.1 Å². The van der Waals surface area contributed by atoms with Crippen molar-refractivity contribution in [2.45, 2.75) is 19.9 Å². The van der Waals surface area contributed by atoms with E-state index in [9.17, 15) is 4.79 Å². The standard InChI is InChI=1S/C22H21N5O/c1-15(2)27-21-16(14-24-27)12-17(13-23-21)22(28)26-20-10-8-19(9-11-20)25-18-6-4-3-5-7-18/h3-15,25H,1-2H3,(H,26,28). The summed E-state index contributed by atoms with van der Waals surface area (Å²) in [5.74, 6) is -0.199. The molecule has 0 fully saturated rings. The van der Waals surface area contributed by atoms with Gasteiger partial charge in [0.25, 0.3) is 5.91 Å². The fraction of sp³-hybridized carbons (Fsp3) is 0.136. The Balaban J connectivity index is 1.46. The summed E-state index contributed by atoms with van der Waals surface area (Å²) in [5.41, 5.74) is 3.97. The number of nitrogens with zero attached hydrogens (tertiary/aromatic N) is 3. The average Bonchev–Trinajstić information content (AvgIpc) is 3.14. The van der Waals surface area contributed by atoms with Gasteiger partial charge in [0.05, 0.1) is 11.8 Å². The van der Waals surface area contributed by atoms with Gasteiger partial charge in [0.2, 0.25) is 0 Å². The Morgan fingerprint density at radius 3 is 2.32 bits per heavy atom. The second kappa shape index (κ2) is 7.52. The lowest BCUT2D eigenvalue weighted by Gasteiger charge is -2.09. The Labute approximate surface area is 163 Å². The van der Waals surface area contributed by atoms with Crippen LogP contribution in [0.4, 0.5) is 17.1 Å². The van der Waals surface area contributed by atoms with Crippen molar-refractivity contribution in [3.8, 4) is 0 Å². The molecule has 0 aliphatic rings. The number of carbonyl (C=O) groups excluding carboxylic acids is 1. The van der Waals surface area contributed by atoms with Gasteiger partial charge in [0.1, 0.15) is 0 Å². The number of hydrogen-bond acceptors (Lipinski definition) is 4. The Morgan fingerprint density at radius 1 is 0.929 bits per heavy atom. The van der Waals surface area contributed by atoms with E-state index in [1.807, 2.05) is 79.2 Å². The van der Waals surface area contributed by atoms with Crippen LogP contribution in [0.15, 0.2) is 73.1 Å². The first-order valence-corrected chi connectivity index (χ1v) is 9.17. The van der Waals surface area contributed by atoms with Gasteiger partial charge in [-0.3, -0.25) is 4.79 Å². The van der Waals surface area contributed by atoms with E-state index in [0.29, 0.717) is 5.56 Å². The monoisotopic (exact) mass is 371 g/mol. The second-order valence-electron chi connectivity index (χ2n) is 6.84. The fourth-order valence-corrected chi connectivity index (χ4v) is 2.97. The molecule has 0 radical (unpaired) electrons. The van der Waals surface area contributed by atoms with E-state index in [1.165, 1.54) is 0 Å². The Bertz CT molecular complexity index is 1100. The zero-order valence-electron chi connectivity index (χ0n) is 15.8. The van der Waals surface area contributed by atoms with Gasteiger partial charge in [0, 0.05) is 34.7 Å². The molecule has 0 aliphatic heterocycles. The van der Waals surface area contributed by atoms with E-state index >= 15 is 0 Å². The summed E-state index contributed by atoms with van der Waals surface area (Å²) in [5, 5.41) is 11.4. The molecule has 4 aromatic rings. The Kier molecular flexibility index (Phi) is 4.76. The number of benzene rings is 2. The molecule has 0 atom stereocenters. The summed E-state index contributed by atoms with van der Waals surface area (Å²) in [7, 11) is 0. The van der Waals surface area contributed by atoms with Gasteiger partial charge in [-0.25, -0.2) is 9.67 Å². The first-order chi connectivity index (χ1) is 13.6. The molecule has 1 amide bonds. The molecule has 0 saturated heterocycles. The molecule has 0 saturated carbocycles. The third-order valence-electron chi connectivity index (χ3n) is 4.39. The van der Waals surface area contributed by atoms with Crippen LogP contribution in [0, 0.1) is 0 Å². The van der Waals surface area contributed by atoms with Crippen molar-refractivity contribution in [3.63, 3.8) is 0 Å². The molecule has 2 aromatic heterocycles. The normalized spacial score (nSPS) is 11.0. The Morgan fingerprint density at radius 2 is 1.61 bits per heavy atom. The van der Waals surface area contributed by atoms with Gasteiger partial charge >= 0.3 is 0 Å². The lowest BCUT2D eigenvalue weighted by atomic mass is 10.2. The maximum absolute atomic E-state index is 12.6. The number of carbonyl (C=O) groups is 1. The quantitative estimate of drug-likeness (QED) is 0.517. The predicted molar refractivity (Wildman–Crippen MR) is 112 cm³/mol. The van der Waals surface area contributed by atoms with Crippen LogP contribution in [-0.4, -0.2) is 20.7 Å². The number of nitrogens with one attached hydrogen (secondary N) is 2. The molecule has 2 aromatic carbocycles. The summed E-state index contributed by atoms with van der Waals surface area (Å²) in [4.78, 5) is 17.0. The minimum Gasteiger partial charge on any atom is -0.356 e. The van der Waals surface area contributed by atoms with E-state index in [4.69, 9.17) is 0 Å². The molecule has 2 N–H and O–H groups in total. The number of para-hydroxylation sites is 1. The summed E-state index contributed by atoms with van der Waals surface area (Å²) >= 11 is 0. The molecule has 2 heterocycles. The van der Waals surface area contributed by atoms with Crippen LogP contribution < -0.4 is 10.6 Å². The predicted octanol–water partition coefficient (Wildman–Crippen LogP) is 5.01. The maximum Gasteiger partial charge on any atom is 0.257 e. The van der Waals surface area contributed by atoms with Gasteiger partial charge in [0.15, 0.2) is 5.65 Å². The summed E-state index contributed by atoms with van der Waals surface area (Å²) in [6.07, 6.45) is 3.33. The van der Waals surface area contributed by atoms with Crippen molar-refractivity contribution in [3.05, 3.63) is 78.6 Å². The van der Waals surface area contributed by atoms with Gasteiger partial charge in [-0.2, -0.15) is 5.10 Å².